The van der Waals surface area contributed by atoms with E-state index in [9.17, 15) is 13.2 Å². The molecule has 1 atom stereocenters. The molecule has 1 heterocycles. The van der Waals surface area contributed by atoms with Gasteiger partial charge in [-0.3, -0.25) is 4.68 Å². The molecule has 1 aromatic heterocycles. The Morgan fingerprint density at radius 3 is 2.69 bits per heavy atom. The Labute approximate surface area is 93.4 Å². The van der Waals surface area contributed by atoms with Crippen LogP contribution in [-0.2, 0) is 19.4 Å². The lowest BCUT2D eigenvalue weighted by Crippen LogP contribution is -2.19. The highest BCUT2D eigenvalue weighted by atomic mass is 32.2. The predicted molar refractivity (Wildman–Crippen MR) is 56.6 cm³/mol. The molecule has 0 bridgehead atoms. The van der Waals surface area contributed by atoms with Crippen LogP contribution in [0.3, 0.4) is 0 Å². The van der Waals surface area contributed by atoms with Crippen molar-refractivity contribution < 1.29 is 17.9 Å². The summed E-state index contributed by atoms with van der Waals surface area (Å²) in [6.45, 7) is 3.47. The second kappa shape index (κ2) is 4.48. The average molecular weight is 244 g/mol. The van der Waals surface area contributed by atoms with Gasteiger partial charge in [-0.2, -0.15) is 5.10 Å². The molecule has 16 heavy (non-hydrogen) atoms. The summed E-state index contributed by atoms with van der Waals surface area (Å²) >= 11 is 0. The summed E-state index contributed by atoms with van der Waals surface area (Å²) in [7, 11) is -2.09. The highest BCUT2D eigenvalue weighted by Gasteiger charge is 2.20. The third-order valence-electron chi connectivity index (χ3n) is 1.96. The molecule has 1 rings (SSSR count). The lowest BCUT2D eigenvalue weighted by Gasteiger charge is -2.09. The van der Waals surface area contributed by atoms with Crippen LogP contribution in [0.25, 0.3) is 0 Å². The van der Waals surface area contributed by atoms with E-state index < -0.39 is 21.8 Å². The molecule has 88 valence electrons. The van der Waals surface area contributed by atoms with Gasteiger partial charge < -0.3 is 4.74 Å². The van der Waals surface area contributed by atoms with Crippen LogP contribution in [0, 0.1) is 0 Å². The molecule has 0 spiro atoms. The van der Waals surface area contributed by atoms with Crippen molar-refractivity contribution in [2.75, 3.05) is 13.4 Å². The molecule has 0 aliphatic rings. The molecule has 0 saturated carbocycles. The van der Waals surface area contributed by atoms with Crippen molar-refractivity contribution >= 4 is 15.8 Å². The Hall–Kier alpha value is -1.63. The van der Waals surface area contributed by atoms with E-state index in [0.717, 1.165) is 6.26 Å². The smallest absolute Gasteiger partial charge is 0.334 e. The van der Waals surface area contributed by atoms with E-state index >= 15 is 0 Å². The van der Waals surface area contributed by atoms with Crippen LogP contribution < -0.4 is 0 Å². The third-order valence-corrected chi connectivity index (χ3v) is 3.02. The normalized spacial score (nSPS) is 13.1. The molecular formula is C9H12N2O4S. The number of carbonyl (C=O) groups excluding carboxylic acids is 1. The predicted octanol–water partition coefficient (Wildman–Crippen LogP) is 0.187. The van der Waals surface area contributed by atoms with E-state index in [-0.39, 0.29) is 4.90 Å². The van der Waals surface area contributed by atoms with Crippen LogP contribution in [0.2, 0.25) is 0 Å². The number of nitrogens with zero attached hydrogens (tertiary/aromatic N) is 2. The Morgan fingerprint density at radius 1 is 1.69 bits per heavy atom. The van der Waals surface area contributed by atoms with E-state index in [2.05, 4.69) is 16.4 Å². The SMILES string of the molecule is C=CC(C(=O)OC)n1cc(S(C)(=O)=O)cn1. The van der Waals surface area contributed by atoms with E-state index in [1.807, 2.05) is 0 Å². The first-order chi connectivity index (χ1) is 7.40. The summed E-state index contributed by atoms with van der Waals surface area (Å²) in [6, 6.07) is -0.819. The highest BCUT2D eigenvalue weighted by Crippen LogP contribution is 2.13. The molecule has 0 saturated heterocycles. The number of methoxy groups -OCH3 is 1. The largest absolute Gasteiger partial charge is 0.467 e. The molecule has 1 unspecified atom stereocenters. The van der Waals surface area contributed by atoms with Gasteiger partial charge in [0.25, 0.3) is 0 Å². The first-order valence-corrected chi connectivity index (χ1v) is 6.24. The number of rotatable bonds is 4. The van der Waals surface area contributed by atoms with E-state index in [1.165, 1.54) is 30.3 Å². The van der Waals surface area contributed by atoms with Crippen LogP contribution in [0.15, 0.2) is 29.9 Å². The topological polar surface area (TPSA) is 78.3 Å². The fraction of sp³-hybridized carbons (Fsp3) is 0.333. The first-order valence-electron chi connectivity index (χ1n) is 4.34. The maximum Gasteiger partial charge on any atom is 0.334 e. The summed E-state index contributed by atoms with van der Waals surface area (Å²) in [5.74, 6) is -0.557. The minimum atomic E-state index is -3.33. The zero-order valence-corrected chi connectivity index (χ0v) is 9.77. The Kier molecular flexibility index (Phi) is 3.48. The summed E-state index contributed by atoms with van der Waals surface area (Å²) in [5.41, 5.74) is 0. The van der Waals surface area contributed by atoms with Gasteiger partial charge in [0.1, 0.15) is 4.90 Å². The van der Waals surface area contributed by atoms with Crippen molar-refractivity contribution in [3.05, 3.63) is 25.0 Å². The number of hydrogen-bond donors (Lipinski definition) is 0. The van der Waals surface area contributed by atoms with Gasteiger partial charge in [0.2, 0.25) is 0 Å². The summed E-state index contributed by atoms with van der Waals surface area (Å²) in [5, 5.41) is 3.79. The quantitative estimate of drug-likeness (QED) is 0.558. The van der Waals surface area contributed by atoms with Crippen LogP contribution in [0.1, 0.15) is 6.04 Å². The standard InChI is InChI=1S/C9H12N2O4S/c1-4-8(9(12)15-2)11-6-7(5-10-11)16(3,13)14/h4-6,8H,1H2,2-3H3. The number of hydrogen-bond acceptors (Lipinski definition) is 5. The van der Waals surface area contributed by atoms with Gasteiger partial charge >= 0.3 is 5.97 Å². The van der Waals surface area contributed by atoms with Gasteiger partial charge in [-0.05, 0) is 0 Å². The van der Waals surface area contributed by atoms with E-state index in [1.54, 1.807) is 0 Å². The number of ether oxygens (including phenoxy) is 1. The Bertz CT molecular complexity index is 503. The molecular weight excluding hydrogens is 232 g/mol. The lowest BCUT2D eigenvalue weighted by molar-refractivity contribution is -0.143. The number of aromatic nitrogens is 2. The number of esters is 1. The molecule has 0 aliphatic carbocycles. The summed E-state index contributed by atoms with van der Waals surface area (Å²) in [4.78, 5) is 11.3. The van der Waals surface area contributed by atoms with E-state index in [0.29, 0.717) is 0 Å². The van der Waals surface area contributed by atoms with Gasteiger partial charge in [0.15, 0.2) is 15.9 Å². The second-order valence-corrected chi connectivity index (χ2v) is 5.15. The molecule has 0 aromatic carbocycles. The molecule has 0 fully saturated rings. The molecule has 1 aromatic rings. The Morgan fingerprint density at radius 2 is 2.31 bits per heavy atom. The fourth-order valence-electron chi connectivity index (χ4n) is 1.10. The third kappa shape index (κ3) is 2.48. The van der Waals surface area contributed by atoms with Crippen molar-refractivity contribution in [1.29, 1.82) is 0 Å². The molecule has 6 nitrogen and oxygen atoms in total. The maximum atomic E-state index is 11.3. The van der Waals surface area contributed by atoms with Crippen molar-refractivity contribution in [1.82, 2.24) is 9.78 Å². The van der Waals surface area contributed by atoms with Crippen molar-refractivity contribution in [2.45, 2.75) is 10.9 Å². The monoisotopic (exact) mass is 244 g/mol. The molecule has 0 aliphatic heterocycles. The van der Waals surface area contributed by atoms with Crippen LogP contribution in [-0.4, -0.2) is 37.5 Å². The number of sulfone groups is 1. The number of carbonyl (C=O) groups is 1. The average Bonchev–Trinajstić information content (AvgIpc) is 2.67. The van der Waals surface area contributed by atoms with Gasteiger partial charge in [0, 0.05) is 12.5 Å². The Balaban J connectivity index is 3.10. The second-order valence-electron chi connectivity index (χ2n) is 3.13. The fourth-order valence-corrected chi connectivity index (χ4v) is 1.64. The first kappa shape index (κ1) is 12.4. The highest BCUT2D eigenvalue weighted by molar-refractivity contribution is 7.90. The zero-order valence-electron chi connectivity index (χ0n) is 8.95. The molecule has 7 heteroatoms. The summed E-state index contributed by atoms with van der Waals surface area (Å²) in [6.07, 6.45) is 4.83. The van der Waals surface area contributed by atoms with Crippen molar-refractivity contribution in [3.8, 4) is 0 Å². The summed E-state index contributed by atoms with van der Waals surface area (Å²) < 4.78 is 28.1. The van der Waals surface area contributed by atoms with Crippen molar-refractivity contribution in [3.63, 3.8) is 0 Å². The minimum Gasteiger partial charge on any atom is -0.467 e. The lowest BCUT2D eigenvalue weighted by atomic mass is 10.3. The molecule has 0 radical (unpaired) electrons. The molecule has 0 N–H and O–H groups in total. The maximum absolute atomic E-state index is 11.3. The zero-order chi connectivity index (χ0) is 12.3. The van der Waals surface area contributed by atoms with Crippen LogP contribution in [0.5, 0.6) is 0 Å². The van der Waals surface area contributed by atoms with Gasteiger partial charge in [-0.15, -0.1) is 6.58 Å². The minimum absolute atomic E-state index is 0.0447. The van der Waals surface area contributed by atoms with Crippen LogP contribution >= 0.6 is 0 Å². The van der Waals surface area contributed by atoms with Crippen LogP contribution in [0.4, 0.5) is 0 Å². The van der Waals surface area contributed by atoms with Crippen molar-refractivity contribution in [2.24, 2.45) is 0 Å². The van der Waals surface area contributed by atoms with E-state index in [4.69, 9.17) is 0 Å². The van der Waals surface area contributed by atoms with Gasteiger partial charge in [-0.1, -0.05) is 6.08 Å². The van der Waals surface area contributed by atoms with Gasteiger partial charge in [-0.25, -0.2) is 13.2 Å². The molecule has 0 amide bonds. The van der Waals surface area contributed by atoms with Gasteiger partial charge in [0.05, 0.1) is 13.3 Å².